The van der Waals surface area contributed by atoms with E-state index in [4.69, 9.17) is 16.6 Å². The SMILES string of the molecule is NC(=O)C[C@H](NC(=O)[C@H](Cc1ccc(O)cc1)NC(=O)CNC(=O)[C@@H]1CCCN1C(=O)[C@@H](N)CCC(=O)O)C(=O)N[C@@H](Cc1ccccc1)C(=O)O. The number of rotatable bonds is 19. The van der Waals surface area contributed by atoms with E-state index in [1.807, 2.05) is 0 Å². The number of phenols is 1. The number of likely N-dealkylation sites (tertiary alicyclic amines) is 1. The molecule has 3 rings (SSSR count). The van der Waals surface area contributed by atoms with E-state index in [2.05, 4.69) is 21.3 Å². The van der Waals surface area contributed by atoms with Crippen LogP contribution < -0.4 is 32.7 Å². The summed E-state index contributed by atoms with van der Waals surface area (Å²) in [6.45, 7) is -0.426. The number of nitrogens with two attached hydrogens (primary N) is 2. The van der Waals surface area contributed by atoms with Gasteiger partial charge in [-0.15, -0.1) is 0 Å². The second kappa shape index (κ2) is 19.4. The molecule has 1 fully saturated rings. The molecular weight excluding hydrogens is 682 g/mol. The molecule has 18 heteroatoms. The molecule has 1 saturated heterocycles. The lowest BCUT2D eigenvalue weighted by Crippen LogP contribution is -2.58. The molecule has 0 saturated carbocycles. The number of hydrogen-bond acceptors (Lipinski definition) is 10. The maximum absolute atomic E-state index is 13.6. The van der Waals surface area contributed by atoms with E-state index in [-0.39, 0.29) is 44.4 Å². The molecule has 2 aromatic rings. The number of carboxylic acid groups (broad SMARTS) is 2. The van der Waals surface area contributed by atoms with Crippen molar-refractivity contribution in [3.05, 3.63) is 65.7 Å². The Morgan fingerprint density at radius 2 is 1.40 bits per heavy atom. The number of benzene rings is 2. The minimum Gasteiger partial charge on any atom is -0.508 e. The van der Waals surface area contributed by atoms with E-state index < -0.39 is 90.6 Å². The fourth-order valence-electron chi connectivity index (χ4n) is 5.53. The van der Waals surface area contributed by atoms with Crippen molar-refractivity contribution in [3.63, 3.8) is 0 Å². The van der Waals surface area contributed by atoms with Crippen LogP contribution in [0.25, 0.3) is 0 Å². The van der Waals surface area contributed by atoms with E-state index in [9.17, 15) is 48.6 Å². The number of nitrogens with zero attached hydrogens (tertiary/aromatic N) is 1. The van der Waals surface area contributed by atoms with Gasteiger partial charge in [-0.25, -0.2) is 4.79 Å². The van der Waals surface area contributed by atoms with Crippen LogP contribution in [-0.4, -0.2) is 111 Å². The molecule has 5 atom stereocenters. The quantitative estimate of drug-likeness (QED) is 0.0752. The second-order valence-corrected chi connectivity index (χ2v) is 12.3. The monoisotopic (exact) mass is 725 g/mol. The van der Waals surface area contributed by atoms with Crippen LogP contribution in [-0.2, 0) is 51.2 Å². The second-order valence-electron chi connectivity index (χ2n) is 12.3. The summed E-state index contributed by atoms with van der Waals surface area (Å²) in [5.41, 5.74) is 12.2. The maximum atomic E-state index is 13.6. The van der Waals surface area contributed by atoms with Gasteiger partial charge in [-0.2, -0.15) is 0 Å². The topological polar surface area (TPSA) is 301 Å². The molecule has 52 heavy (non-hydrogen) atoms. The smallest absolute Gasteiger partial charge is 0.326 e. The van der Waals surface area contributed by atoms with Gasteiger partial charge in [0.25, 0.3) is 0 Å². The molecule has 0 aliphatic carbocycles. The lowest BCUT2D eigenvalue weighted by molar-refractivity contribution is -0.142. The van der Waals surface area contributed by atoms with Crippen LogP contribution in [0.4, 0.5) is 0 Å². The van der Waals surface area contributed by atoms with Crippen molar-refractivity contribution in [1.82, 2.24) is 26.2 Å². The van der Waals surface area contributed by atoms with E-state index in [0.717, 1.165) is 0 Å². The largest absolute Gasteiger partial charge is 0.508 e. The summed E-state index contributed by atoms with van der Waals surface area (Å²) >= 11 is 0. The lowest BCUT2D eigenvalue weighted by atomic mass is 10.0. The van der Waals surface area contributed by atoms with E-state index in [1.54, 1.807) is 30.3 Å². The van der Waals surface area contributed by atoms with Gasteiger partial charge in [0.1, 0.15) is 29.9 Å². The summed E-state index contributed by atoms with van der Waals surface area (Å²) in [5, 5.41) is 37.9. The molecule has 280 valence electrons. The minimum atomic E-state index is -1.63. The predicted molar refractivity (Wildman–Crippen MR) is 182 cm³/mol. The summed E-state index contributed by atoms with van der Waals surface area (Å²) in [5.74, 6) is -7.63. The molecule has 1 heterocycles. The Kier molecular flexibility index (Phi) is 15.1. The Morgan fingerprint density at radius 3 is 2.02 bits per heavy atom. The summed E-state index contributed by atoms with van der Waals surface area (Å²) in [4.78, 5) is 102. The molecule has 2 aromatic carbocycles. The summed E-state index contributed by atoms with van der Waals surface area (Å²) in [6.07, 6.45) is -0.703. The van der Waals surface area contributed by atoms with Crippen molar-refractivity contribution in [1.29, 1.82) is 0 Å². The highest BCUT2D eigenvalue weighted by molar-refractivity contribution is 5.97. The van der Waals surface area contributed by atoms with Gasteiger partial charge in [-0.05, 0) is 42.5 Å². The average molecular weight is 726 g/mol. The number of carboxylic acids is 2. The van der Waals surface area contributed by atoms with Gasteiger partial charge in [-0.1, -0.05) is 42.5 Å². The van der Waals surface area contributed by atoms with Gasteiger partial charge >= 0.3 is 11.9 Å². The van der Waals surface area contributed by atoms with Crippen molar-refractivity contribution in [3.8, 4) is 5.75 Å². The highest BCUT2D eigenvalue weighted by Gasteiger charge is 2.37. The van der Waals surface area contributed by atoms with Crippen molar-refractivity contribution in [2.75, 3.05) is 13.1 Å². The molecule has 0 unspecified atom stereocenters. The zero-order valence-electron chi connectivity index (χ0n) is 28.2. The first-order chi connectivity index (χ1) is 24.6. The first kappa shape index (κ1) is 40.4. The molecule has 6 amide bonds. The van der Waals surface area contributed by atoms with E-state index in [1.165, 1.54) is 29.2 Å². The number of aliphatic carboxylic acids is 2. The zero-order valence-corrected chi connectivity index (χ0v) is 28.2. The molecule has 0 radical (unpaired) electrons. The molecule has 1 aliphatic rings. The number of amides is 6. The van der Waals surface area contributed by atoms with Gasteiger partial charge < -0.3 is 53.0 Å². The maximum Gasteiger partial charge on any atom is 0.326 e. The van der Waals surface area contributed by atoms with Gasteiger partial charge in [-0.3, -0.25) is 33.6 Å². The van der Waals surface area contributed by atoms with Crippen molar-refractivity contribution >= 4 is 47.4 Å². The molecule has 18 nitrogen and oxygen atoms in total. The number of primary amides is 1. The van der Waals surface area contributed by atoms with Gasteiger partial charge in [0, 0.05) is 25.8 Å². The number of hydrogen-bond donors (Lipinski definition) is 9. The Hall–Kier alpha value is -6.04. The Morgan fingerprint density at radius 1 is 0.808 bits per heavy atom. The van der Waals surface area contributed by atoms with Crippen molar-refractivity contribution in [2.24, 2.45) is 11.5 Å². The van der Waals surface area contributed by atoms with E-state index in [0.29, 0.717) is 17.5 Å². The van der Waals surface area contributed by atoms with Crippen LogP contribution in [0.2, 0.25) is 0 Å². The zero-order chi connectivity index (χ0) is 38.4. The van der Waals surface area contributed by atoms with Crippen molar-refractivity contribution in [2.45, 2.75) is 75.2 Å². The fourth-order valence-corrected chi connectivity index (χ4v) is 5.53. The van der Waals surface area contributed by atoms with Crippen LogP contribution >= 0.6 is 0 Å². The number of nitrogens with one attached hydrogen (secondary N) is 4. The highest BCUT2D eigenvalue weighted by atomic mass is 16.4. The molecule has 0 spiro atoms. The predicted octanol–water partition coefficient (Wildman–Crippen LogP) is -2.11. The number of carbonyl (C=O) groups excluding carboxylic acids is 6. The van der Waals surface area contributed by atoms with Crippen molar-refractivity contribution < 1.29 is 53.7 Å². The highest BCUT2D eigenvalue weighted by Crippen LogP contribution is 2.19. The van der Waals surface area contributed by atoms with Crippen LogP contribution in [0.3, 0.4) is 0 Å². The fraction of sp³-hybridized carbons (Fsp3) is 0.412. The van der Waals surface area contributed by atoms with Gasteiger partial charge in [0.05, 0.1) is 19.0 Å². The minimum absolute atomic E-state index is 0.0690. The van der Waals surface area contributed by atoms with Gasteiger partial charge in [0.2, 0.25) is 35.4 Å². The Bertz CT molecular complexity index is 1620. The van der Waals surface area contributed by atoms with Crippen LogP contribution in [0, 0.1) is 0 Å². The molecule has 0 aromatic heterocycles. The normalized spacial score (nSPS) is 16.0. The molecule has 1 aliphatic heterocycles. The Balaban J connectivity index is 1.71. The average Bonchev–Trinajstić information content (AvgIpc) is 3.59. The number of phenolic OH excluding ortho intramolecular Hbond substituents is 1. The summed E-state index contributed by atoms with van der Waals surface area (Å²) < 4.78 is 0. The Labute approximate surface area is 298 Å². The third-order valence-electron chi connectivity index (χ3n) is 8.21. The molecule has 0 bridgehead atoms. The standard InChI is InChI=1S/C34H43N7O11/c35-22(12-13-29(45)46)33(50)41-14-4-7-26(41)32(49)37-18-28(44)38-23(15-20-8-10-21(42)11-9-20)30(47)39-24(17-27(36)43)31(48)40-25(34(51)52)16-19-5-2-1-3-6-19/h1-3,5-6,8-11,22-26,42H,4,7,12-18,35H2,(H2,36,43)(H,37,49)(H,38,44)(H,39,47)(H,40,48)(H,45,46)(H,51,52)/t22-,23-,24-,25-,26-/m0/s1. The summed E-state index contributed by atoms with van der Waals surface area (Å²) in [6, 6.07) is 7.51. The first-order valence-corrected chi connectivity index (χ1v) is 16.4. The summed E-state index contributed by atoms with van der Waals surface area (Å²) in [7, 11) is 0. The van der Waals surface area contributed by atoms with Crippen LogP contribution in [0.15, 0.2) is 54.6 Å². The molecular formula is C34H43N7O11. The van der Waals surface area contributed by atoms with Gasteiger partial charge in [0.15, 0.2) is 0 Å². The number of aromatic hydroxyl groups is 1. The first-order valence-electron chi connectivity index (χ1n) is 16.4. The lowest BCUT2D eigenvalue weighted by Gasteiger charge is -2.27. The van der Waals surface area contributed by atoms with Crippen LogP contribution in [0.5, 0.6) is 5.75 Å². The molecule has 11 N–H and O–H groups in total. The number of carbonyl (C=O) groups is 8. The van der Waals surface area contributed by atoms with Crippen LogP contribution in [0.1, 0.15) is 43.2 Å². The third-order valence-corrected chi connectivity index (χ3v) is 8.21. The third kappa shape index (κ3) is 12.7. The van der Waals surface area contributed by atoms with E-state index >= 15 is 0 Å².